The van der Waals surface area contributed by atoms with Crippen molar-refractivity contribution in [3.63, 3.8) is 0 Å². The van der Waals surface area contributed by atoms with Crippen LogP contribution in [0, 0.1) is 0 Å². The van der Waals surface area contributed by atoms with E-state index in [0.29, 0.717) is 11.3 Å². The minimum atomic E-state index is -0.469. The first-order valence-electron chi connectivity index (χ1n) is 9.01. The number of amides is 1. The van der Waals surface area contributed by atoms with Crippen molar-refractivity contribution in [3.05, 3.63) is 54.1 Å². The quantitative estimate of drug-likeness (QED) is 0.691. The molecule has 138 valence electrons. The number of anilines is 3. The lowest BCUT2D eigenvalue weighted by Gasteiger charge is -2.37. The van der Waals surface area contributed by atoms with Crippen molar-refractivity contribution in [3.8, 4) is 0 Å². The van der Waals surface area contributed by atoms with Crippen LogP contribution in [0.1, 0.15) is 17.3 Å². The smallest absolute Gasteiger partial charge is 0.250 e. The molecule has 0 spiro atoms. The van der Waals surface area contributed by atoms with Crippen LogP contribution >= 0.6 is 0 Å². The fourth-order valence-corrected chi connectivity index (χ4v) is 3.42. The van der Waals surface area contributed by atoms with Gasteiger partial charge in [0.2, 0.25) is 0 Å². The Bertz CT molecular complexity index is 741. The standard InChI is InChI=1S/C20H27N5O/c1-15(23-19-8-7-16(21)13-18(19)20(22)26)14-24-9-11-25(12-10-24)17-5-3-2-4-6-17/h2-8,13,15,23H,9-12,14,21H2,1H3,(H2,22,26). The Morgan fingerprint density at radius 2 is 1.81 bits per heavy atom. The van der Waals surface area contributed by atoms with E-state index in [1.807, 2.05) is 12.1 Å². The average molecular weight is 353 g/mol. The largest absolute Gasteiger partial charge is 0.399 e. The lowest BCUT2D eigenvalue weighted by molar-refractivity contribution is 0.100. The first-order chi connectivity index (χ1) is 12.5. The highest BCUT2D eigenvalue weighted by atomic mass is 16.1. The number of hydrogen-bond donors (Lipinski definition) is 3. The Balaban J connectivity index is 1.54. The number of hydrogen-bond acceptors (Lipinski definition) is 5. The lowest BCUT2D eigenvalue weighted by atomic mass is 10.1. The summed E-state index contributed by atoms with van der Waals surface area (Å²) in [5.74, 6) is -0.469. The van der Waals surface area contributed by atoms with Gasteiger partial charge in [0.15, 0.2) is 0 Å². The molecule has 1 saturated heterocycles. The van der Waals surface area contributed by atoms with Gasteiger partial charge in [-0.05, 0) is 37.3 Å². The van der Waals surface area contributed by atoms with Gasteiger partial charge in [0.1, 0.15) is 0 Å². The van der Waals surface area contributed by atoms with Gasteiger partial charge in [-0.1, -0.05) is 18.2 Å². The van der Waals surface area contributed by atoms with Crippen LogP contribution in [0.3, 0.4) is 0 Å². The first-order valence-corrected chi connectivity index (χ1v) is 9.01. The molecule has 0 radical (unpaired) electrons. The second-order valence-electron chi connectivity index (χ2n) is 6.84. The van der Waals surface area contributed by atoms with Crippen LogP contribution in [0.2, 0.25) is 0 Å². The minimum Gasteiger partial charge on any atom is -0.399 e. The summed E-state index contributed by atoms with van der Waals surface area (Å²) in [6.45, 7) is 7.10. The van der Waals surface area contributed by atoms with Gasteiger partial charge < -0.3 is 21.7 Å². The number of nitrogens with two attached hydrogens (primary N) is 2. The number of carbonyl (C=O) groups is 1. The number of carbonyl (C=O) groups excluding carboxylic acids is 1. The molecule has 5 N–H and O–H groups in total. The molecule has 1 unspecified atom stereocenters. The summed E-state index contributed by atoms with van der Waals surface area (Å²) in [5, 5.41) is 3.40. The molecule has 0 aromatic heterocycles. The van der Waals surface area contributed by atoms with Crippen LogP contribution in [-0.4, -0.2) is 49.6 Å². The maximum atomic E-state index is 11.6. The van der Waals surface area contributed by atoms with Crippen LogP contribution in [-0.2, 0) is 0 Å². The molecule has 6 heteroatoms. The molecular formula is C20H27N5O. The fourth-order valence-electron chi connectivity index (χ4n) is 3.42. The van der Waals surface area contributed by atoms with Crippen molar-refractivity contribution in [1.82, 2.24) is 4.90 Å². The Labute approximate surface area is 154 Å². The topological polar surface area (TPSA) is 87.6 Å². The number of para-hydroxylation sites is 1. The Hall–Kier alpha value is -2.73. The number of rotatable bonds is 6. The van der Waals surface area contributed by atoms with Crippen LogP contribution in [0.15, 0.2) is 48.5 Å². The van der Waals surface area contributed by atoms with Gasteiger partial charge in [0.25, 0.3) is 5.91 Å². The molecule has 2 aromatic rings. The van der Waals surface area contributed by atoms with Crippen molar-refractivity contribution >= 4 is 23.0 Å². The predicted molar refractivity (Wildman–Crippen MR) is 108 cm³/mol. The molecule has 0 aliphatic carbocycles. The number of nitrogens with one attached hydrogen (secondary N) is 1. The predicted octanol–water partition coefficient (Wildman–Crippen LogP) is 1.99. The highest BCUT2D eigenvalue weighted by molar-refractivity contribution is 5.99. The van der Waals surface area contributed by atoms with E-state index in [1.54, 1.807) is 12.1 Å². The van der Waals surface area contributed by atoms with E-state index >= 15 is 0 Å². The Morgan fingerprint density at radius 3 is 2.46 bits per heavy atom. The summed E-state index contributed by atoms with van der Waals surface area (Å²) in [7, 11) is 0. The third-order valence-electron chi connectivity index (χ3n) is 4.74. The molecule has 1 amide bonds. The van der Waals surface area contributed by atoms with E-state index in [-0.39, 0.29) is 6.04 Å². The van der Waals surface area contributed by atoms with Gasteiger partial charge in [-0.25, -0.2) is 0 Å². The number of nitrogen functional groups attached to an aromatic ring is 1. The van der Waals surface area contributed by atoms with E-state index < -0.39 is 5.91 Å². The van der Waals surface area contributed by atoms with Crippen molar-refractivity contribution in [1.29, 1.82) is 0 Å². The molecule has 1 heterocycles. The highest BCUT2D eigenvalue weighted by Crippen LogP contribution is 2.20. The molecule has 1 fully saturated rings. The molecule has 26 heavy (non-hydrogen) atoms. The van der Waals surface area contributed by atoms with Crippen molar-refractivity contribution in [2.75, 3.05) is 48.7 Å². The van der Waals surface area contributed by atoms with E-state index in [2.05, 4.69) is 46.3 Å². The summed E-state index contributed by atoms with van der Waals surface area (Å²) in [5.41, 5.74) is 14.2. The van der Waals surface area contributed by atoms with E-state index in [4.69, 9.17) is 11.5 Å². The van der Waals surface area contributed by atoms with Crippen LogP contribution in [0.5, 0.6) is 0 Å². The molecular weight excluding hydrogens is 326 g/mol. The number of nitrogens with zero attached hydrogens (tertiary/aromatic N) is 2. The SMILES string of the molecule is CC(CN1CCN(c2ccccc2)CC1)Nc1ccc(N)cc1C(N)=O. The number of primary amides is 1. The third-order valence-corrected chi connectivity index (χ3v) is 4.74. The maximum Gasteiger partial charge on any atom is 0.250 e. The van der Waals surface area contributed by atoms with E-state index in [1.165, 1.54) is 5.69 Å². The van der Waals surface area contributed by atoms with Crippen LogP contribution < -0.4 is 21.7 Å². The van der Waals surface area contributed by atoms with Gasteiger partial charge in [0.05, 0.1) is 5.56 Å². The zero-order chi connectivity index (χ0) is 18.5. The molecule has 2 aromatic carbocycles. The zero-order valence-electron chi connectivity index (χ0n) is 15.2. The normalized spacial score (nSPS) is 16.3. The summed E-state index contributed by atoms with van der Waals surface area (Å²) in [6, 6.07) is 15.9. The minimum absolute atomic E-state index is 0.194. The molecule has 0 bridgehead atoms. The van der Waals surface area contributed by atoms with E-state index in [9.17, 15) is 4.79 Å². The van der Waals surface area contributed by atoms with E-state index in [0.717, 1.165) is 38.4 Å². The summed E-state index contributed by atoms with van der Waals surface area (Å²) < 4.78 is 0. The summed E-state index contributed by atoms with van der Waals surface area (Å²) in [4.78, 5) is 16.5. The second-order valence-corrected chi connectivity index (χ2v) is 6.84. The van der Waals surface area contributed by atoms with Crippen molar-refractivity contribution < 1.29 is 4.79 Å². The highest BCUT2D eigenvalue weighted by Gasteiger charge is 2.19. The molecule has 1 aliphatic rings. The Kier molecular flexibility index (Phi) is 5.63. The molecule has 0 saturated carbocycles. The molecule has 6 nitrogen and oxygen atoms in total. The molecule has 1 aliphatic heterocycles. The number of benzene rings is 2. The van der Waals surface area contributed by atoms with Gasteiger partial charge in [-0.2, -0.15) is 0 Å². The van der Waals surface area contributed by atoms with Gasteiger partial charge in [-0.15, -0.1) is 0 Å². The summed E-state index contributed by atoms with van der Waals surface area (Å²) in [6.07, 6.45) is 0. The fraction of sp³-hybridized carbons (Fsp3) is 0.350. The summed E-state index contributed by atoms with van der Waals surface area (Å²) >= 11 is 0. The third kappa shape index (κ3) is 4.46. The van der Waals surface area contributed by atoms with Gasteiger partial charge >= 0.3 is 0 Å². The van der Waals surface area contributed by atoms with Gasteiger partial charge in [0, 0.05) is 55.8 Å². The monoisotopic (exact) mass is 353 g/mol. The van der Waals surface area contributed by atoms with Crippen LogP contribution in [0.25, 0.3) is 0 Å². The molecule has 3 rings (SSSR count). The second kappa shape index (κ2) is 8.10. The maximum absolute atomic E-state index is 11.6. The zero-order valence-corrected chi connectivity index (χ0v) is 15.2. The van der Waals surface area contributed by atoms with Crippen molar-refractivity contribution in [2.45, 2.75) is 13.0 Å². The van der Waals surface area contributed by atoms with Crippen LogP contribution in [0.4, 0.5) is 17.1 Å². The molecule has 1 atom stereocenters. The first kappa shape index (κ1) is 18.1. The van der Waals surface area contributed by atoms with Gasteiger partial charge in [-0.3, -0.25) is 9.69 Å². The lowest BCUT2D eigenvalue weighted by Crippen LogP contribution is -2.49. The van der Waals surface area contributed by atoms with Crippen molar-refractivity contribution in [2.24, 2.45) is 5.73 Å². The average Bonchev–Trinajstić information content (AvgIpc) is 2.64. The Morgan fingerprint density at radius 1 is 1.12 bits per heavy atom. The number of piperazine rings is 1.